The minimum Gasteiger partial charge on any atom is -0.481 e. The number of carboxylic acid groups (broad SMARTS) is 1. The normalized spacial score (nSPS) is 12.2. The molecule has 1 unspecified atom stereocenters. The molecule has 0 spiro atoms. The van der Waals surface area contributed by atoms with Crippen LogP contribution in [0.15, 0.2) is 17.3 Å². The van der Waals surface area contributed by atoms with E-state index in [0.29, 0.717) is 6.42 Å². The monoisotopic (exact) mass is 323 g/mol. The van der Waals surface area contributed by atoms with Gasteiger partial charge in [0.2, 0.25) is 0 Å². The number of hydrogen-bond donors (Lipinski definition) is 1. The average Bonchev–Trinajstić information content (AvgIpc) is 2.52. The summed E-state index contributed by atoms with van der Waals surface area (Å²) in [6, 6.07) is 0.101. The number of unbranched alkanes of at least 4 members (excludes halogenated alkanes) is 8. The minimum atomic E-state index is -0.697. The first-order valence-electron chi connectivity index (χ1n) is 9.11. The van der Waals surface area contributed by atoms with Crippen LogP contribution in [0.3, 0.4) is 0 Å². The van der Waals surface area contributed by atoms with E-state index < -0.39 is 5.97 Å². The van der Waals surface area contributed by atoms with Gasteiger partial charge in [-0.2, -0.15) is 0 Å². The van der Waals surface area contributed by atoms with Crippen molar-refractivity contribution in [2.75, 3.05) is 0 Å². The fourth-order valence-corrected chi connectivity index (χ4v) is 2.54. The molecule has 1 N–H and O–H groups in total. The van der Waals surface area contributed by atoms with Crippen LogP contribution in [0.5, 0.6) is 0 Å². The SMILES string of the molecule is CCCCCCC(C/C=C/CCCCCCCC(=O)O)N=[N+]=[N-]. The molecule has 0 amide bonds. The molecular weight excluding hydrogens is 290 g/mol. The number of carboxylic acids is 1. The highest BCUT2D eigenvalue weighted by Crippen LogP contribution is 2.13. The van der Waals surface area contributed by atoms with Crippen molar-refractivity contribution in [1.29, 1.82) is 0 Å². The number of azide groups is 1. The number of allylic oxidation sites excluding steroid dienone is 1. The lowest BCUT2D eigenvalue weighted by molar-refractivity contribution is -0.137. The zero-order valence-electron chi connectivity index (χ0n) is 14.6. The molecule has 0 aliphatic carbocycles. The third-order valence-electron chi connectivity index (χ3n) is 3.94. The van der Waals surface area contributed by atoms with Crippen molar-refractivity contribution >= 4 is 5.97 Å². The van der Waals surface area contributed by atoms with Crippen molar-refractivity contribution < 1.29 is 9.90 Å². The zero-order chi connectivity index (χ0) is 17.2. The summed E-state index contributed by atoms with van der Waals surface area (Å²) in [7, 11) is 0. The Labute approximate surface area is 140 Å². The minimum absolute atomic E-state index is 0.101. The van der Waals surface area contributed by atoms with Gasteiger partial charge in [-0.15, -0.1) is 0 Å². The molecule has 1 atom stereocenters. The van der Waals surface area contributed by atoms with Crippen LogP contribution in [0.2, 0.25) is 0 Å². The molecule has 5 heteroatoms. The fourth-order valence-electron chi connectivity index (χ4n) is 2.54. The van der Waals surface area contributed by atoms with Crippen molar-refractivity contribution in [3.8, 4) is 0 Å². The molecule has 0 radical (unpaired) electrons. The van der Waals surface area contributed by atoms with Crippen LogP contribution >= 0.6 is 0 Å². The van der Waals surface area contributed by atoms with E-state index in [-0.39, 0.29) is 6.04 Å². The summed E-state index contributed by atoms with van der Waals surface area (Å²) in [5.74, 6) is -0.697. The Hall–Kier alpha value is -1.48. The lowest BCUT2D eigenvalue weighted by Crippen LogP contribution is -2.01. The predicted octanol–water partition coefficient (Wildman–Crippen LogP) is 6.40. The van der Waals surface area contributed by atoms with Crippen LogP contribution in [0.4, 0.5) is 0 Å². The van der Waals surface area contributed by atoms with E-state index >= 15 is 0 Å². The highest BCUT2D eigenvalue weighted by Gasteiger charge is 2.03. The molecule has 0 aliphatic heterocycles. The molecular formula is C18H33N3O2. The van der Waals surface area contributed by atoms with Crippen LogP contribution in [0.25, 0.3) is 10.4 Å². The second-order valence-electron chi connectivity index (χ2n) is 6.12. The fraction of sp³-hybridized carbons (Fsp3) is 0.833. The lowest BCUT2D eigenvalue weighted by atomic mass is 10.0. The molecule has 0 fully saturated rings. The number of hydrogen-bond acceptors (Lipinski definition) is 2. The van der Waals surface area contributed by atoms with Gasteiger partial charge in [0.05, 0.1) is 0 Å². The molecule has 0 bridgehead atoms. The quantitative estimate of drug-likeness (QED) is 0.117. The zero-order valence-corrected chi connectivity index (χ0v) is 14.6. The van der Waals surface area contributed by atoms with Gasteiger partial charge in [0.25, 0.3) is 0 Å². The Morgan fingerprint density at radius 1 is 1.09 bits per heavy atom. The molecule has 0 aliphatic rings. The van der Waals surface area contributed by atoms with E-state index in [4.69, 9.17) is 10.6 Å². The molecule has 0 saturated carbocycles. The van der Waals surface area contributed by atoms with Gasteiger partial charge < -0.3 is 5.11 Å². The van der Waals surface area contributed by atoms with Gasteiger partial charge in [-0.25, -0.2) is 0 Å². The van der Waals surface area contributed by atoms with Crippen LogP contribution in [-0.4, -0.2) is 17.1 Å². The summed E-state index contributed by atoms with van der Waals surface area (Å²) >= 11 is 0. The van der Waals surface area contributed by atoms with E-state index in [0.717, 1.165) is 57.8 Å². The Morgan fingerprint density at radius 2 is 1.78 bits per heavy atom. The lowest BCUT2D eigenvalue weighted by Gasteiger charge is -2.07. The molecule has 0 rings (SSSR count). The summed E-state index contributed by atoms with van der Waals surface area (Å²) in [6.07, 6.45) is 17.5. The molecule has 5 nitrogen and oxygen atoms in total. The Kier molecular flexibility index (Phi) is 15.8. The molecule has 0 heterocycles. The van der Waals surface area contributed by atoms with Gasteiger partial charge in [-0.1, -0.05) is 69.1 Å². The average molecular weight is 323 g/mol. The smallest absolute Gasteiger partial charge is 0.303 e. The van der Waals surface area contributed by atoms with E-state index in [9.17, 15) is 4.79 Å². The maximum atomic E-state index is 10.4. The van der Waals surface area contributed by atoms with E-state index in [2.05, 4.69) is 29.1 Å². The summed E-state index contributed by atoms with van der Waals surface area (Å²) in [6.45, 7) is 2.19. The van der Waals surface area contributed by atoms with E-state index in [1.807, 2.05) is 0 Å². The Balaban J connectivity index is 3.59. The first-order chi connectivity index (χ1) is 11.2. The summed E-state index contributed by atoms with van der Waals surface area (Å²) in [4.78, 5) is 13.3. The Bertz CT molecular complexity index is 363. The molecule has 0 aromatic carbocycles. The maximum Gasteiger partial charge on any atom is 0.303 e. The second-order valence-corrected chi connectivity index (χ2v) is 6.12. The second kappa shape index (κ2) is 16.9. The summed E-state index contributed by atoms with van der Waals surface area (Å²) < 4.78 is 0. The number of rotatable bonds is 16. The number of nitrogens with zero attached hydrogens (tertiary/aromatic N) is 3. The molecule has 0 aromatic rings. The van der Waals surface area contributed by atoms with Crippen LogP contribution in [0, 0.1) is 0 Å². The molecule has 0 saturated heterocycles. The standard InChI is InChI=1S/C18H33N3O2/c1-2-3-4-11-14-17(20-21-19)15-12-9-7-5-6-8-10-13-16-18(22)23/h9,12,17H,2-8,10-11,13-16H2,1H3,(H,22,23)/b12-9+. The van der Waals surface area contributed by atoms with E-state index in [1.165, 1.54) is 19.3 Å². The molecule has 23 heavy (non-hydrogen) atoms. The van der Waals surface area contributed by atoms with Gasteiger partial charge in [-0.3, -0.25) is 4.79 Å². The van der Waals surface area contributed by atoms with Crippen molar-refractivity contribution in [2.45, 2.75) is 96.4 Å². The third kappa shape index (κ3) is 16.7. The van der Waals surface area contributed by atoms with Crippen molar-refractivity contribution in [3.05, 3.63) is 22.6 Å². The maximum absolute atomic E-state index is 10.4. The van der Waals surface area contributed by atoms with Crippen LogP contribution in [0.1, 0.15) is 90.4 Å². The summed E-state index contributed by atoms with van der Waals surface area (Å²) in [5, 5.41) is 12.4. The van der Waals surface area contributed by atoms with Gasteiger partial charge in [-0.05, 0) is 37.6 Å². The summed E-state index contributed by atoms with van der Waals surface area (Å²) in [5.41, 5.74) is 8.61. The molecule has 132 valence electrons. The van der Waals surface area contributed by atoms with Gasteiger partial charge in [0.1, 0.15) is 0 Å². The first kappa shape index (κ1) is 21.5. The van der Waals surface area contributed by atoms with Gasteiger partial charge >= 0.3 is 5.97 Å². The number of aliphatic carboxylic acids is 1. The van der Waals surface area contributed by atoms with Crippen LogP contribution < -0.4 is 0 Å². The van der Waals surface area contributed by atoms with Crippen LogP contribution in [-0.2, 0) is 4.79 Å². The first-order valence-corrected chi connectivity index (χ1v) is 9.11. The predicted molar refractivity (Wildman–Crippen MR) is 95.4 cm³/mol. The van der Waals surface area contributed by atoms with E-state index in [1.54, 1.807) is 0 Å². The Morgan fingerprint density at radius 3 is 2.48 bits per heavy atom. The van der Waals surface area contributed by atoms with Crippen molar-refractivity contribution in [1.82, 2.24) is 0 Å². The van der Waals surface area contributed by atoms with Gasteiger partial charge in [0.15, 0.2) is 0 Å². The van der Waals surface area contributed by atoms with Crippen molar-refractivity contribution in [3.63, 3.8) is 0 Å². The van der Waals surface area contributed by atoms with Crippen molar-refractivity contribution in [2.24, 2.45) is 5.11 Å². The highest BCUT2D eigenvalue weighted by atomic mass is 16.4. The molecule has 0 aromatic heterocycles. The largest absolute Gasteiger partial charge is 0.481 e. The topological polar surface area (TPSA) is 86.1 Å². The number of carbonyl (C=O) groups is 1. The highest BCUT2D eigenvalue weighted by molar-refractivity contribution is 5.66. The van der Waals surface area contributed by atoms with Gasteiger partial charge in [0, 0.05) is 17.4 Å². The third-order valence-corrected chi connectivity index (χ3v) is 3.94.